The molecule has 0 fully saturated rings. The molecule has 0 aliphatic carbocycles. The number of hydrogen-bond donors (Lipinski definition) is 2. The second kappa shape index (κ2) is 10.2. The molecule has 3 N–H and O–H groups in total. The monoisotopic (exact) mass is 547 g/mol. The maximum Gasteiger partial charge on any atom is 0.405 e. The van der Waals surface area contributed by atoms with Crippen molar-refractivity contribution in [2.24, 2.45) is 5.73 Å². The van der Waals surface area contributed by atoms with E-state index in [1.807, 2.05) is 66.8 Å². The van der Waals surface area contributed by atoms with E-state index in [9.17, 15) is 9.59 Å². The molecule has 5 aromatic heterocycles. The first-order valence-corrected chi connectivity index (χ1v) is 12.8. The predicted octanol–water partition coefficient (Wildman–Crippen LogP) is 4.23. The summed E-state index contributed by atoms with van der Waals surface area (Å²) >= 11 is 0. The quantitative estimate of drug-likeness (QED) is 0.314. The van der Waals surface area contributed by atoms with Crippen molar-refractivity contribution in [1.82, 2.24) is 34.3 Å². The molecule has 41 heavy (non-hydrogen) atoms. The standard InChI is InChI=1S/C29H25N9O3/c1-16-5-4-6-26-32-14-24(38(16)26)21-12-25(34-28(39)18(3)41-29(30)40)33-27(13-21)37-15-23(35-36-37)20-7-8-22-17(2)31-10-9-19(22)11-20/h4-15,18H,1-3H3,(H2,30,40)(H,33,34,39). The van der Waals surface area contributed by atoms with Crippen LogP contribution in [-0.2, 0) is 9.53 Å². The summed E-state index contributed by atoms with van der Waals surface area (Å²) in [6.45, 7) is 5.37. The van der Waals surface area contributed by atoms with Gasteiger partial charge in [0.1, 0.15) is 17.2 Å². The highest BCUT2D eigenvalue weighted by molar-refractivity contribution is 5.95. The van der Waals surface area contributed by atoms with Gasteiger partial charge in [0.25, 0.3) is 5.91 Å². The Labute approximate surface area is 233 Å². The fourth-order valence-electron chi connectivity index (χ4n) is 4.70. The molecule has 0 radical (unpaired) electrons. The lowest BCUT2D eigenvalue weighted by atomic mass is 10.1. The summed E-state index contributed by atoms with van der Waals surface area (Å²) in [6, 6.07) is 17.4. The van der Waals surface area contributed by atoms with E-state index in [1.54, 1.807) is 24.7 Å². The number of primary amides is 1. The maximum atomic E-state index is 12.7. The Hall–Kier alpha value is -5.65. The molecule has 1 unspecified atom stereocenters. The van der Waals surface area contributed by atoms with E-state index in [0.29, 0.717) is 11.5 Å². The smallest absolute Gasteiger partial charge is 0.405 e. The van der Waals surface area contributed by atoms with Crippen molar-refractivity contribution in [3.05, 3.63) is 84.6 Å². The first-order valence-electron chi connectivity index (χ1n) is 12.8. The SMILES string of the molecule is Cc1nccc2cc(-c3cn(-c4cc(-c5cnc6cccc(C)n56)cc(NC(=O)C(C)OC(N)=O)n4)nn3)ccc12. The zero-order valence-electron chi connectivity index (χ0n) is 22.4. The highest BCUT2D eigenvalue weighted by Gasteiger charge is 2.19. The fraction of sp³-hybridized carbons (Fsp3) is 0.138. The van der Waals surface area contributed by atoms with E-state index in [1.165, 1.54) is 11.6 Å². The average molecular weight is 548 g/mol. The molecule has 12 nitrogen and oxygen atoms in total. The lowest BCUT2D eigenvalue weighted by Crippen LogP contribution is -2.32. The van der Waals surface area contributed by atoms with E-state index >= 15 is 0 Å². The van der Waals surface area contributed by atoms with Gasteiger partial charge in [0.2, 0.25) is 0 Å². The van der Waals surface area contributed by atoms with Crippen LogP contribution >= 0.6 is 0 Å². The van der Waals surface area contributed by atoms with Crippen LogP contribution in [0.1, 0.15) is 18.3 Å². The van der Waals surface area contributed by atoms with Crippen molar-refractivity contribution in [1.29, 1.82) is 0 Å². The normalized spacial score (nSPS) is 12.0. The minimum atomic E-state index is -1.12. The third-order valence-electron chi connectivity index (χ3n) is 6.73. The number of nitrogens with zero attached hydrogens (tertiary/aromatic N) is 7. The predicted molar refractivity (Wildman–Crippen MR) is 152 cm³/mol. The first-order chi connectivity index (χ1) is 19.8. The number of ether oxygens (including phenoxy) is 1. The van der Waals surface area contributed by atoms with Crippen LogP contribution in [0, 0.1) is 13.8 Å². The van der Waals surface area contributed by atoms with Crippen molar-refractivity contribution in [2.75, 3.05) is 5.32 Å². The number of carbonyl (C=O) groups is 2. The lowest BCUT2D eigenvalue weighted by Gasteiger charge is -2.13. The van der Waals surface area contributed by atoms with Crippen molar-refractivity contribution in [3.63, 3.8) is 0 Å². The molecule has 0 saturated heterocycles. The van der Waals surface area contributed by atoms with Crippen LogP contribution in [0.2, 0.25) is 0 Å². The molecule has 0 bridgehead atoms. The zero-order chi connectivity index (χ0) is 28.7. The highest BCUT2D eigenvalue weighted by Crippen LogP contribution is 2.28. The van der Waals surface area contributed by atoms with E-state index in [0.717, 1.165) is 44.6 Å². The number of fused-ring (bicyclic) bond motifs is 2. The summed E-state index contributed by atoms with van der Waals surface area (Å²) in [6.07, 6.45) is 3.13. The molecular formula is C29H25N9O3. The van der Waals surface area contributed by atoms with Gasteiger partial charge in [-0.05, 0) is 62.6 Å². The summed E-state index contributed by atoms with van der Waals surface area (Å²) in [5, 5.41) is 13.5. The van der Waals surface area contributed by atoms with Crippen molar-refractivity contribution in [2.45, 2.75) is 26.9 Å². The van der Waals surface area contributed by atoms with Gasteiger partial charge in [0.05, 0.1) is 18.1 Å². The van der Waals surface area contributed by atoms with Gasteiger partial charge in [-0.15, -0.1) is 5.10 Å². The summed E-state index contributed by atoms with van der Waals surface area (Å²) in [5.74, 6) is 0.0371. The van der Waals surface area contributed by atoms with E-state index < -0.39 is 18.1 Å². The number of anilines is 1. The van der Waals surface area contributed by atoms with Gasteiger partial charge < -0.3 is 15.8 Å². The molecule has 12 heteroatoms. The molecule has 6 rings (SSSR count). The van der Waals surface area contributed by atoms with Crippen LogP contribution in [-0.4, -0.2) is 52.5 Å². The Balaban J connectivity index is 1.42. The number of aryl methyl sites for hydroxylation is 2. The number of hydrogen-bond acceptors (Lipinski definition) is 8. The first kappa shape index (κ1) is 25.6. The summed E-state index contributed by atoms with van der Waals surface area (Å²) in [7, 11) is 0. The van der Waals surface area contributed by atoms with Crippen LogP contribution in [0.4, 0.5) is 10.6 Å². The van der Waals surface area contributed by atoms with Gasteiger partial charge in [-0.1, -0.05) is 23.4 Å². The number of aromatic nitrogens is 7. The van der Waals surface area contributed by atoms with E-state index in [4.69, 9.17) is 10.5 Å². The molecule has 1 aromatic carbocycles. The Morgan fingerprint density at radius 1 is 1.02 bits per heavy atom. The van der Waals surface area contributed by atoms with E-state index in [2.05, 4.69) is 30.6 Å². The second-order valence-electron chi connectivity index (χ2n) is 9.55. The van der Waals surface area contributed by atoms with Gasteiger partial charge in [0, 0.05) is 34.1 Å². The van der Waals surface area contributed by atoms with Crippen molar-refractivity contribution >= 4 is 34.2 Å². The summed E-state index contributed by atoms with van der Waals surface area (Å²) in [4.78, 5) is 37.4. The second-order valence-corrected chi connectivity index (χ2v) is 9.55. The summed E-state index contributed by atoms with van der Waals surface area (Å²) in [5.41, 5.74) is 10.8. The van der Waals surface area contributed by atoms with Crippen molar-refractivity contribution < 1.29 is 14.3 Å². The minimum absolute atomic E-state index is 0.219. The number of nitrogens with two attached hydrogens (primary N) is 1. The molecule has 0 aliphatic heterocycles. The van der Waals surface area contributed by atoms with E-state index in [-0.39, 0.29) is 5.82 Å². The number of benzene rings is 1. The zero-order valence-corrected chi connectivity index (χ0v) is 22.4. The third kappa shape index (κ3) is 4.93. The van der Waals surface area contributed by atoms with Crippen LogP contribution < -0.4 is 11.1 Å². The number of nitrogens with one attached hydrogen (secondary N) is 1. The van der Waals surface area contributed by atoms with Gasteiger partial charge in [0.15, 0.2) is 11.9 Å². The van der Waals surface area contributed by atoms with Gasteiger partial charge in [-0.3, -0.25) is 14.2 Å². The molecule has 6 aromatic rings. The van der Waals surface area contributed by atoms with Gasteiger partial charge in [-0.25, -0.2) is 19.4 Å². The Kier molecular flexibility index (Phi) is 6.34. The molecule has 204 valence electrons. The van der Waals surface area contributed by atoms with Crippen LogP contribution in [0.15, 0.2) is 73.2 Å². The van der Waals surface area contributed by atoms with Gasteiger partial charge >= 0.3 is 6.09 Å². The molecule has 0 spiro atoms. The highest BCUT2D eigenvalue weighted by atomic mass is 16.6. The Bertz CT molecular complexity index is 1960. The Morgan fingerprint density at radius 3 is 2.71 bits per heavy atom. The minimum Gasteiger partial charge on any atom is -0.437 e. The number of carbonyl (C=O) groups excluding carboxylic acids is 2. The number of amides is 2. The Morgan fingerprint density at radius 2 is 1.88 bits per heavy atom. The fourth-order valence-corrected chi connectivity index (χ4v) is 4.70. The molecule has 2 amide bonds. The van der Waals surface area contributed by atoms with Gasteiger partial charge in [-0.2, -0.15) is 0 Å². The molecular weight excluding hydrogens is 522 g/mol. The molecule has 5 heterocycles. The number of imidazole rings is 1. The molecule has 0 aliphatic rings. The topological polar surface area (TPSA) is 155 Å². The third-order valence-corrected chi connectivity index (χ3v) is 6.73. The average Bonchev–Trinajstić information content (AvgIpc) is 3.61. The molecule has 0 saturated carbocycles. The number of pyridine rings is 3. The molecule has 1 atom stereocenters. The number of rotatable bonds is 6. The summed E-state index contributed by atoms with van der Waals surface area (Å²) < 4.78 is 8.36. The largest absolute Gasteiger partial charge is 0.437 e. The lowest BCUT2D eigenvalue weighted by molar-refractivity contribution is -0.123. The van der Waals surface area contributed by atoms with Crippen LogP contribution in [0.3, 0.4) is 0 Å². The van der Waals surface area contributed by atoms with Crippen molar-refractivity contribution in [3.8, 4) is 28.3 Å². The van der Waals surface area contributed by atoms with Crippen LogP contribution in [0.5, 0.6) is 0 Å². The van der Waals surface area contributed by atoms with Crippen LogP contribution in [0.25, 0.3) is 44.8 Å². The maximum absolute atomic E-state index is 12.7.